The summed E-state index contributed by atoms with van der Waals surface area (Å²) < 4.78 is 76.6. The number of anilines is 1. The number of nitrogens with zero attached hydrogens (tertiary/aromatic N) is 3. The van der Waals surface area contributed by atoms with Crippen LogP contribution >= 0.6 is 23.4 Å². The number of thioether (sulfide) groups is 1. The maximum atomic E-state index is 12.9. The predicted molar refractivity (Wildman–Crippen MR) is 81.0 cm³/mol. The van der Waals surface area contributed by atoms with Gasteiger partial charge in [-0.05, 0) is 12.1 Å². The highest BCUT2D eigenvalue weighted by molar-refractivity contribution is 7.99. The summed E-state index contributed by atoms with van der Waals surface area (Å²) in [5.74, 6) is 2.17. The van der Waals surface area contributed by atoms with E-state index >= 15 is 0 Å². The summed E-state index contributed by atoms with van der Waals surface area (Å²) in [7, 11) is 0. The molecule has 0 aliphatic rings. The number of aromatic nitrogens is 3. The second-order valence-electron chi connectivity index (χ2n) is 4.67. The zero-order valence-electron chi connectivity index (χ0n) is 12.3. The van der Waals surface area contributed by atoms with Gasteiger partial charge in [-0.3, -0.25) is 4.79 Å². The van der Waals surface area contributed by atoms with Crippen molar-refractivity contribution >= 4 is 35.0 Å². The molecule has 142 valence electrons. The van der Waals surface area contributed by atoms with Crippen molar-refractivity contribution in [2.45, 2.75) is 17.5 Å². The number of benzene rings is 1. The Kier molecular flexibility index (Phi) is 5.61. The SMILES string of the molecule is Nn1c(SCC(=O)Nc2c(Cl)cccc2C(F)(F)F)nnc1C(F)(F)F. The fourth-order valence-corrected chi connectivity index (χ4v) is 2.64. The minimum Gasteiger partial charge on any atom is -0.335 e. The van der Waals surface area contributed by atoms with Gasteiger partial charge in [-0.15, -0.1) is 10.2 Å². The summed E-state index contributed by atoms with van der Waals surface area (Å²) in [6, 6.07) is 2.93. The first kappa shape index (κ1) is 20.2. The number of amides is 1. The lowest BCUT2D eigenvalue weighted by Gasteiger charge is -2.15. The molecule has 0 aliphatic heterocycles. The molecule has 1 aromatic heterocycles. The summed E-state index contributed by atoms with van der Waals surface area (Å²) in [5.41, 5.74) is -1.82. The van der Waals surface area contributed by atoms with Crippen LogP contribution in [0.2, 0.25) is 5.02 Å². The third-order valence-electron chi connectivity index (χ3n) is 2.83. The van der Waals surface area contributed by atoms with Crippen molar-refractivity contribution in [2.75, 3.05) is 16.9 Å². The standard InChI is InChI=1S/C12H8ClF6N5OS/c13-6-3-1-2-5(11(14,15)16)8(6)21-7(25)4-26-10-23-22-9(24(10)20)12(17,18)19/h1-3H,4,20H2,(H,21,25). The van der Waals surface area contributed by atoms with Gasteiger partial charge in [0, 0.05) is 0 Å². The Labute approximate surface area is 150 Å². The van der Waals surface area contributed by atoms with Gasteiger partial charge in [0.05, 0.1) is 22.0 Å². The van der Waals surface area contributed by atoms with Crippen LogP contribution in [-0.2, 0) is 17.1 Å². The lowest BCUT2D eigenvalue weighted by atomic mass is 10.1. The van der Waals surface area contributed by atoms with Crippen molar-refractivity contribution in [3.05, 3.63) is 34.6 Å². The lowest BCUT2D eigenvalue weighted by Crippen LogP contribution is -2.22. The maximum absolute atomic E-state index is 12.9. The molecule has 0 saturated carbocycles. The highest BCUT2D eigenvalue weighted by Gasteiger charge is 2.38. The van der Waals surface area contributed by atoms with E-state index < -0.39 is 46.2 Å². The Bertz CT molecular complexity index is 821. The molecule has 26 heavy (non-hydrogen) atoms. The van der Waals surface area contributed by atoms with Crippen LogP contribution in [0.25, 0.3) is 0 Å². The highest BCUT2D eigenvalue weighted by atomic mass is 35.5. The quantitative estimate of drug-likeness (QED) is 0.450. The van der Waals surface area contributed by atoms with E-state index in [1.807, 2.05) is 5.32 Å². The van der Waals surface area contributed by atoms with E-state index in [9.17, 15) is 31.1 Å². The van der Waals surface area contributed by atoms with Crippen LogP contribution in [0.3, 0.4) is 0 Å². The van der Waals surface area contributed by atoms with E-state index in [4.69, 9.17) is 17.4 Å². The van der Waals surface area contributed by atoms with Gasteiger partial charge in [0.25, 0.3) is 5.82 Å². The van der Waals surface area contributed by atoms with Crippen molar-refractivity contribution in [2.24, 2.45) is 0 Å². The molecule has 2 rings (SSSR count). The summed E-state index contributed by atoms with van der Waals surface area (Å²) in [4.78, 5) is 11.9. The number of hydrogen-bond donors (Lipinski definition) is 2. The molecule has 1 amide bonds. The van der Waals surface area contributed by atoms with Crippen molar-refractivity contribution < 1.29 is 31.1 Å². The number of nitrogens with one attached hydrogen (secondary N) is 1. The zero-order chi connectivity index (χ0) is 19.7. The van der Waals surface area contributed by atoms with Gasteiger partial charge in [-0.25, -0.2) is 4.68 Å². The summed E-state index contributed by atoms with van der Waals surface area (Å²) in [6.07, 6.45) is -9.61. The first-order valence-corrected chi connectivity index (χ1v) is 7.83. The molecule has 14 heteroatoms. The molecular weight excluding hydrogens is 412 g/mol. The molecule has 1 heterocycles. The molecule has 0 atom stereocenters. The average Bonchev–Trinajstić information content (AvgIpc) is 2.87. The van der Waals surface area contributed by atoms with Crippen molar-refractivity contribution in [1.29, 1.82) is 0 Å². The van der Waals surface area contributed by atoms with Crippen molar-refractivity contribution in [1.82, 2.24) is 14.9 Å². The van der Waals surface area contributed by atoms with E-state index in [2.05, 4.69) is 10.2 Å². The predicted octanol–water partition coefficient (Wildman–Crippen LogP) is 3.41. The summed E-state index contributed by atoms with van der Waals surface area (Å²) in [6.45, 7) is 0. The summed E-state index contributed by atoms with van der Waals surface area (Å²) >= 11 is 6.14. The van der Waals surface area contributed by atoms with Crippen molar-refractivity contribution in [3.8, 4) is 0 Å². The number of nitrogen functional groups attached to an aromatic ring is 1. The van der Waals surface area contributed by atoms with Crippen LogP contribution < -0.4 is 11.2 Å². The van der Waals surface area contributed by atoms with Crippen LogP contribution in [0.4, 0.5) is 32.0 Å². The molecule has 0 aliphatic carbocycles. The number of para-hydroxylation sites is 1. The Balaban J connectivity index is 2.11. The van der Waals surface area contributed by atoms with Gasteiger partial charge < -0.3 is 11.2 Å². The average molecular weight is 420 g/mol. The lowest BCUT2D eigenvalue weighted by molar-refractivity contribution is -0.146. The van der Waals surface area contributed by atoms with Crippen LogP contribution in [0, 0.1) is 0 Å². The van der Waals surface area contributed by atoms with Gasteiger partial charge >= 0.3 is 12.4 Å². The van der Waals surface area contributed by atoms with E-state index in [-0.39, 0.29) is 9.70 Å². The number of halogens is 7. The number of carbonyl (C=O) groups is 1. The molecule has 3 N–H and O–H groups in total. The highest BCUT2D eigenvalue weighted by Crippen LogP contribution is 2.38. The fourth-order valence-electron chi connectivity index (χ4n) is 1.76. The zero-order valence-corrected chi connectivity index (χ0v) is 13.9. The minimum absolute atomic E-state index is 0.134. The largest absolute Gasteiger partial charge is 0.453 e. The van der Waals surface area contributed by atoms with Crippen LogP contribution in [0.5, 0.6) is 0 Å². The number of rotatable bonds is 4. The van der Waals surface area contributed by atoms with Crippen molar-refractivity contribution in [3.63, 3.8) is 0 Å². The van der Waals surface area contributed by atoms with Gasteiger partial charge in [-0.2, -0.15) is 26.3 Å². The Morgan fingerprint density at radius 1 is 1.19 bits per heavy atom. The van der Waals surface area contributed by atoms with E-state index in [0.29, 0.717) is 11.8 Å². The van der Waals surface area contributed by atoms with Gasteiger partial charge in [-0.1, -0.05) is 29.4 Å². The first-order chi connectivity index (χ1) is 11.9. The molecule has 1 aromatic carbocycles. The van der Waals surface area contributed by atoms with E-state index in [0.717, 1.165) is 18.2 Å². The topological polar surface area (TPSA) is 85.8 Å². The molecule has 6 nitrogen and oxygen atoms in total. The number of nitrogens with two attached hydrogens (primary N) is 1. The fraction of sp³-hybridized carbons (Fsp3) is 0.250. The molecule has 0 bridgehead atoms. The Hall–Kier alpha value is -2.15. The maximum Gasteiger partial charge on any atom is 0.453 e. The third kappa shape index (κ3) is 4.52. The van der Waals surface area contributed by atoms with Gasteiger partial charge in [0.15, 0.2) is 0 Å². The molecule has 0 fully saturated rings. The Morgan fingerprint density at radius 2 is 1.85 bits per heavy atom. The molecule has 0 spiro atoms. The third-order valence-corrected chi connectivity index (χ3v) is 4.09. The minimum atomic E-state index is -4.85. The van der Waals surface area contributed by atoms with E-state index in [1.54, 1.807) is 0 Å². The number of carbonyl (C=O) groups excluding carboxylic acids is 1. The van der Waals surface area contributed by atoms with Crippen LogP contribution in [0.1, 0.15) is 11.4 Å². The molecule has 2 aromatic rings. The molecule has 0 saturated heterocycles. The summed E-state index contributed by atoms with van der Waals surface area (Å²) in [5, 5.41) is 7.22. The monoisotopic (exact) mass is 419 g/mol. The second-order valence-corrected chi connectivity index (χ2v) is 6.02. The smallest absolute Gasteiger partial charge is 0.335 e. The first-order valence-electron chi connectivity index (χ1n) is 6.47. The molecule has 0 unspecified atom stereocenters. The Morgan fingerprint density at radius 3 is 2.38 bits per heavy atom. The number of alkyl halides is 6. The van der Waals surface area contributed by atoms with E-state index in [1.165, 1.54) is 0 Å². The number of hydrogen-bond acceptors (Lipinski definition) is 5. The van der Waals surface area contributed by atoms with Gasteiger partial charge in [0.1, 0.15) is 0 Å². The van der Waals surface area contributed by atoms with Crippen LogP contribution in [0.15, 0.2) is 23.4 Å². The van der Waals surface area contributed by atoms with Gasteiger partial charge in [0.2, 0.25) is 11.1 Å². The molecule has 0 radical (unpaired) electrons. The second kappa shape index (κ2) is 7.23. The van der Waals surface area contributed by atoms with Crippen LogP contribution in [-0.4, -0.2) is 26.5 Å². The molecular formula is C12H8ClF6N5OS. The normalized spacial score (nSPS) is 12.3.